The van der Waals surface area contributed by atoms with E-state index < -0.39 is 0 Å². The van der Waals surface area contributed by atoms with Crippen molar-refractivity contribution in [3.05, 3.63) is 29.3 Å². The summed E-state index contributed by atoms with van der Waals surface area (Å²) in [5, 5.41) is 12.6. The fourth-order valence-electron chi connectivity index (χ4n) is 2.64. The lowest BCUT2D eigenvalue weighted by Crippen LogP contribution is -2.56. The van der Waals surface area contributed by atoms with Crippen molar-refractivity contribution in [2.75, 3.05) is 24.6 Å². The molecular formula is C15H24N2O. The van der Waals surface area contributed by atoms with Crippen molar-refractivity contribution < 1.29 is 5.11 Å². The van der Waals surface area contributed by atoms with Crippen molar-refractivity contribution >= 4 is 5.69 Å². The largest absolute Gasteiger partial charge is 0.396 e. The Morgan fingerprint density at radius 2 is 2.17 bits per heavy atom. The second-order valence-electron chi connectivity index (χ2n) is 5.41. The van der Waals surface area contributed by atoms with Crippen LogP contribution in [0.2, 0.25) is 0 Å². The summed E-state index contributed by atoms with van der Waals surface area (Å²) in [6.45, 7) is 8.78. The monoisotopic (exact) mass is 248 g/mol. The number of aliphatic hydroxyl groups is 1. The number of aryl methyl sites for hydroxylation is 2. The summed E-state index contributed by atoms with van der Waals surface area (Å²) in [4.78, 5) is 2.47. The molecule has 0 saturated carbocycles. The summed E-state index contributed by atoms with van der Waals surface area (Å²) in [5.74, 6) is 0. The number of hydrogen-bond acceptors (Lipinski definition) is 3. The molecule has 18 heavy (non-hydrogen) atoms. The first kappa shape index (κ1) is 13.4. The van der Waals surface area contributed by atoms with Crippen LogP contribution in [0.25, 0.3) is 0 Å². The van der Waals surface area contributed by atoms with Gasteiger partial charge in [-0.05, 0) is 44.4 Å². The van der Waals surface area contributed by atoms with Crippen LogP contribution >= 0.6 is 0 Å². The Balaban J connectivity index is 2.21. The molecule has 1 saturated heterocycles. The predicted octanol–water partition coefficient (Wildman–Crippen LogP) is 1.85. The summed E-state index contributed by atoms with van der Waals surface area (Å²) < 4.78 is 0. The van der Waals surface area contributed by atoms with Crippen molar-refractivity contribution in [2.24, 2.45) is 0 Å². The molecular weight excluding hydrogens is 224 g/mol. The fourth-order valence-corrected chi connectivity index (χ4v) is 2.64. The highest BCUT2D eigenvalue weighted by atomic mass is 16.3. The van der Waals surface area contributed by atoms with E-state index in [1.165, 1.54) is 16.8 Å². The van der Waals surface area contributed by atoms with Gasteiger partial charge in [0.1, 0.15) is 0 Å². The van der Waals surface area contributed by atoms with Gasteiger partial charge in [-0.1, -0.05) is 12.1 Å². The van der Waals surface area contributed by atoms with Crippen LogP contribution in [-0.2, 0) is 0 Å². The maximum absolute atomic E-state index is 9.08. The molecule has 0 amide bonds. The second-order valence-corrected chi connectivity index (χ2v) is 5.41. The Hall–Kier alpha value is -1.06. The maximum Gasteiger partial charge on any atom is 0.0446 e. The number of hydrogen-bond donors (Lipinski definition) is 2. The van der Waals surface area contributed by atoms with Gasteiger partial charge in [-0.3, -0.25) is 0 Å². The van der Waals surface area contributed by atoms with Crippen molar-refractivity contribution in [1.29, 1.82) is 0 Å². The lowest BCUT2D eigenvalue weighted by molar-refractivity contribution is 0.254. The summed E-state index contributed by atoms with van der Waals surface area (Å²) >= 11 is 0. The molecule has 100 valence electrons. The third-order valence-electron chi connectivity index (χ3n) is 3.80. The minimum absolute atomic E-state index is 0.257. The average Bonchev–Trinajstić information content (AvgIpc) is 2.35. The van der Waals surface area contributed by atoms with Crippen LogP contribution in [0.3, 0.4) is 0 Å². The molecule has 1 heterocycles. The highest BCUT2D eigenvalue weighted by molar-refractivity contribution is 5.56. The molecule has 0 radical (unpaired) electrons. The van der Waals surface area contributed by atoms with Crippen LogP contribution in [0.1, 0.15) is 24.5 Å². The van der Waals surface area contributed by atoms with E-state index >= 15 is 0 Å². The Morgan fingerprint density at radius 1 is 1.39 bits per heavy atom. The molecule has 2 rings (SSSR count). The molecule has 0 aromatic heterocycles. The van der Waals surface area contributed by atoms with E-state index in [2.05, 4.69) is 49.2 Å². The van der Waals surface area contributed by atoms with Crippen LogP contribution in [0.15, 0.2) is 18.2 Å². The van der Waals surface area contributed by atoms with Gasteiger partial charge in [0, 0.05) is 37.5 Å². The third kappa shape index (κ3) is 2.85. The molecule has 0 bridgehead atoms. The molecule has 2 N–H and O–H groups in total. The molecule has 1 aromatic carbocycles. The van der Waals surface area contributed by atoms with Gasteiger partial charge in [0.25, 0.3) is 0 Å². The van der Waals surface area contributed by atoms with Crippen molar-refractivity contribution in [2.45, 2.75) is 39.3 Å². The quantitative estimate of drug-likeness (QED) is 0.857. The van der Waals surface area contributed by atoms with Crippen LogP contribution in [0, 0.1) is 13.8 Å². The lowest BCUT2D eigenvalue weighted by Gasteiger charge is -2.41. The van der Waals surface area contributed by atoms with Crippen molar-refractivity contribution in [3.8, 4) is 0 Å². The number of benzene rings is 1. The van der Waals surface area contributed by atoms with E-state index in [-0.39, 0.29) is 6.61 Å². The van der Waals surface area contributed by atoms with E-state index in [1.54, 1.807) is 0 Å². The second kappa shape index (κ2) is 5.72. The fraction of sp³-hybridized carbons (Fsp3) is 0.600. The summed E-state index contributed by atoms with van der Waals surface area (Å²) in [6, 6.07) is 7.52. The summed E-state index contributed by atoms with van der Waals surface area (Å²) in [6.07, 6.45) is 0.827. The first-order chi connectivity index (χ1) is 8.61. The topological polar surface area (TPSA) is 35.5 Å². The first-order valence-corrected chi connectivity index (χ1v) is 6.80. The van der Waals surface area contributed by atoms with Gasteiger partial charge in [0.05, 0.1) is 0 Å². The molecule has 1 aliphatic rings. The molecule has 3 nitrogen and oxygen atoms in total. The van der Waals surface area contributed by atoms with E-state index in [4.69, 9.17) is 5.11 Å². The maximum atomic E-state index is 9.08. The average molecular weight is 248 g/mol. The Bertz CT molecular complexity index is 405. The molecule has 1 aromatic rings. The van der Waals surface area contributed by atoms with E-state index in [0.717, 1.165) is 19.5 Å². The van der Waals surface area contributed by atoms with Crippen molar-refractivity contribution in [1.82, 2.24) is 5.32 Å². The van der Waals surface area contributed by atoms with Crippen molar-refractivity contribution in [3.63, 3.8) is 0 Å². The molecule has 0 spiro atoms. The lowest BCUT2D eigenvalue weighted by atomic mass is 10.0. The van der Waals surface area contributed by atoms with E-state index in [9.17, 15) is 0 Å². The zero-order chi connectivity index (χ0) is 13.1. The minimum atomic E-state index is 0.257. The SMILES string of the molecule is Cc1ccc(C)c(N2CC(CCO)NCC2C)c1. The van der Waals surface area contributed by atoms with Gasteiger partial charge in [0.15, 0.2) is 0 Å². The Labute approximate surface area is 110 Å². The third-order valence-corrected chi connectivity index (χ3v) is 3.80. The molecule has 0 aliphatic carbocycles. The summed E-state index contributed by atoms with van der Waals surface area (Å²) in [5.41, 5.74) is 3.98. The molecule has 2 unspecified atom stereocenters. The zero-order valence-corrected chi connectivity index (χ0v) is 11.6. The number of rotatable bonds is 3. The van der Waals surface area contributed by atoms with Gasteiger partial charge in [-0.25, -0.2) is 0 Å². The first-order valence-electron chi connectivity index (χ1n) is 6.80. The molecule has 1 fully saturated rings. The molecule has 2 atom stereocenters. The smallest absolute Gasteiger partial charge is 0.0446 e. The normalized spacial score (nSPS) is 24.3. The van der Waals surface area contributed by atoms with Gasteiger partial charge >= 0.3 is 0 Å². The van der Waals surface area contributed by atoms with Crippen LogP contribution in [0.5, 0.6) is 0 Å². The minimum Gasteiger partial charge on any atom is -0.396 e. The number of aliphatic hydroxyl groups excluding tert-OH is 1. The van der Waals surface area contributed by atoms with Crippen LogP contribution < -0.4 is 10.2 Å². The number of anilines is 1. The van der Waals surface area contributed by atoms with Gasteiger partial charge < -0.3 is 15.3 Å². The Kier molecular flexibility index (Phi) is 4.25. The molecule has 1 aliphatic heterocycles. The highest BCUT2D eigenvalue weighted by Gasteiger charge is 2.25. The number of nitrogens with zero attached hydrogens (tertiary/aromatic N) is 1. The standard InChI is InChI=1S/C15H24N2O/c1-11-4-5-12(2)15(8-11)17-10-14(6-7-18)16-9-13(17)3/h4-5,8,13-14,16,18H,6-7,9-10H2,1-3H3. The van der Waals surface area contributed by atoms with Crippen LogP contribution in [0.4, 0.5) is 5.69 Å². The predicted molar refractivity (Wildman–Crippen MR) is 76.2 cm³/mol. The van der Waals surface area contributed by atoms with Gasteiger partial charge in [0.2, 0.25) is 0 Å². The highest BCUT2D eigenvalue weighted by Crippen LogP contribution is 2.25. The Morgan fingerprint density at radius 3 is 2.89 bits per heavy atom. The van der Waals surface area contributed by atoms with Crippen LogP contribution in [-0.4, -0.2) is 36.9 Å². The summed E-state index contributed by atoms with van der Waals surface area (Å²) in [7, 11) is 0. The van der Waals surface area contributed by atoms with E-state index in [1.807, 2.05) is 0 Å². The van der Waals surface area contributed by atoms with E-state index in [0.29, 0.717) is 12.1 Å². The number of piperazine rings is 1. The van der Waals surface area contributed by atoms with Gasteiger partial charge in [-0.2, -0.15) is 0 Å². The molecule has 3 heteroatoms. The number of nitrogens with one attached hydrogen (secondary N) is 1. The zero-order valence-electron chi connectivity index (χ0n) is 11.6. The van der Waals surface area contributed by atoms with Gasteiger partial charge in [-0.15, -0.1) is 0 Å².